The Hall–Kier alpha value is -0.900. The van der Waals surface area contributed by atoms with Crippen molar-refractivity contribution in [1.29, 1.82) is 0 Å². The summed E-state index contributed by atoms with van der Waals surface area (Å²) in [7, 11) is 1.75. The van der Waals surface area contributed by atoms with E-state index in [2.05, 4.69) is 26.2 Å². The summed E-state index contributed by atoms with van der Waals surface area (Å²) < 4.78 is 0.790. The van der Waals surface area contributed by atoms with Gasteiger partial charge in [0.2, 0.25) is 0 Å². The molecule has 1 aromatic rings. The lowest BCUT2D eigenvalue weighted by Crippen LogP contribution is -2.05. The van der Waals surface area contributed by atoms with E-state index >= 15 is 0 Å². The van der Waals surface area contributed by atoms with E-state index < -0.39 is 0 Å². The molecule has 1 aromatic heterocycles. The SMILES string of the molecule is CCC(=O)c1c(Br)ccnc1NC. The van der Waals surface area contributed by atoms with Crippen molar-refractivity contribution in [3.8, 4) is 0 Å². The molecule has 0 aliphatic heterocycles. The molecule has 0 radical (unpaired) electrons. The van der Waals surface area contributed by atoms with Crippen LogP contribution in [0, 0.1) is 0 Å². The molecule has 0 saturated heterocycles. The number of pyridine rings is 1. The van der Waals surface area contributed by atoms with Gasteiger partial charge in [-0.05, 0) is 22.0 Å². The Labute approximate surface area is 85.7 Å². The van der Waals surface area contributed by atoms with Crippen molar-refractivity contribution >= 4 is 27.5 Å². The van der Waals surface area contributed by atoms with Gasteiger partial charge in [0, 0.05) is 24.1 Å². The van der Waals surface area contributed by atoms with Crippen molar-refractivity contribution in [2.75, 3.05) is 12.4 Å². The molecule has 0 atom stereocenters. The number of anilines is 1. The molecular formula is C9H11BrN2O. The van der Waals surface area contributed by atoms with E-state index in [0.29, 0.717) is 17.8 Å². The van der Waals surface area contributed by atoms with Gasteiger partial charge < -0.3 is 5.32 Å². The van der Waals surface area contributed by atoms with Crippen LogP contribution < -0.4 is 5.32 Å². The zero-order valence-electron chi connectivity index (χ0n) is 7.60. The third-order valence-electron chi connectivity index (χ3n) is 1.74. The Balaban J connectivity index is 3.22. The molecule has 0 aromatic carbocycles. The van der Waals surface area contributed by atoms with Crippen molar-refractivity contribution < 1.29 is 4.79 Å². The van der Waals surface area contributed by atoms with Crippen LogP contribution in [0.25, 0.3) is 0 Å². The highest BCUT2D eigenvalue weighted by molar-refractivity contribution is 9.10. The van der Waals surface area contributed by atoms with Crippen LogP contribution in [-0.4, -0.2) is 17.8 Å². The van der Waals surface area contributed by atoms with E-state index in [-0.39, 0.29) is 5.78 Å². The molecule has 0 bridgehead atoms. The fourth-order valence-corrected chi connectivity index (χ4v) is 1.60. The Morgan fingerprint density at radius 2 is 2.38 bits per heavy atom. The van der Waals surface area contributed by atoms with Crippen molar-refractivity contribution in [2.24, 2.45) is 0 Å². The standard InChI is InChI=1S/C9H11BrN2O/c1-3-7(13)8-6(10)4-5-12-9(8)11-2/h4-5H,3H2,1-2H3,(H,11,12). The molecule has 1 rings (SSSR count). The molecule has 0 unspecified atom stereocenters. The number of hydrogen-bond donors (Lipinski definition) is 1. The topological polar surface area (TPSA) is 42.0 Å². The van der Waals surface area contributed by atoms with Gasteiger partial charge in [0.25, 0.3) is 0 Å². The Morgan fingerprint density at radius 1 is 1.69 bits per heavy atom. The molecular weight excluding hydrogens is 232 g/mol. The number of carbonyl (C=O) groups excluding carboxylic acids is 1. The van der Waals surface area contributed by atoms with Crippen LogP contribution in [0.1, 0.15) is 23.7 Å². The van der Waals surface area contributed by atoms with E-state index in [9.17, 15) is 4.79 Å². The largest absolute Gasteiger partial charge is 0.373 e. The van der Waals surface area contributed by atoms with Crippen LogP contribution in [0.3, 0.4) is 0 Å². The second-order valence-electron chi connectivity index (χ2n) is 2.54. The lowest BCUT2D eigenvalue weighted by molar-refractivity contribution is 0.0988. The summed E-state index contributed by atoms with van der Waals surface area (Å²) in [6.45, 7) is 1.83. The van der Waals surface area contributed by atoms with Gasteiger partial charge >= 0.3 is 0 Å². The highest BCUT2D eigenvalue weighted by Gasteiger charge is 2.13. The minimum Gasteiger partial charge on any atom is -0.373 e. The summed E-state index contributed by atoms with van der Waals surface area (Å²) in [4.78, 5) is 15.6. The first kappa shape index (κ1) is 10.2. The summed E-state index contributed by atoms with van der Waals surface area (Å²) in [6, 6.07) is 1.77. The molecule has 4 heteroatoms. The van der Waals surface area contributed by atoms with Gasteiger partial charge in [-0.1, -0.05) is 6.92 Å². The number of Topliss-reactive ketones (excluding diaryl/α,β-unsaturated/α-hetero) is 1. The number of ketones is 1. The van der Waals surface area contributed by atoms with E-state index in [1.807, 2.05) is 6.92 Å². The average molecular weight is 243 g/mol. The van der Waals surface area contributed by atoms with Crippen LogP contribution >= 0.6 is 15.9 Å². The first-order valence-corrected chi connectivity index (χ1v) is 4.85. The zero-order chi connectivity index (χ0) is 9.84. The molecule has 0 saturated carbocycles. The molecule has 3 nitrogen and oxygen atoms in total. The number of nitrogens with one attached hydrogen (secondary N) is 1. The lowest BCUT2D eigenvalue weighted by Gasteiger charge is -2.07. The van der Waals surface area contributed by atoms with E-state index in [1.54, 1.807) is 19.3 Å². The number of aromatic nitrogens is 1. The zero-order valence-corrected chi connectivity index (χ0v) is 9.18. The minimum absolute atomic E-state index is 0.0873. The van der Waals surface area contributed by atoms with E-state index in [0.717, 1.165) is 4.47 Å². The smallest absolute Gasteiger partial charge is 0.167 e. The van der Waals surface area contributed by atoms with Gasteiger partial charge in [-0.3, -0.25) is 4.79 Å². The molecule has 1 N–H and O–H groups in total. The number of nitrogens with zero attached hydrogens (tertiary/aromatic N) is 1. The number of carbonyl (C=O) groups is 1. The Kier molecular flexibility index (Phi) is 3.42. The third-order valence-corrected chi connectivity index (χ3v) is 2.40. The second-order valence-corrected chi connectivity index (χ2v) is 3.40. The maximum absolute atomic E-state index is 11.5. The summed E-state index contributed by atoms with van der Waals surface area (Å²) in [5.41, 5.74) is 0.632. The van der Waals surface area contributed by atoms with Crippen molar-refractivity contribution in [2.45, 2.75) is 13.3 Å². The molecule has 0 aliphatic carbocycles. The normalized spacial score (nSPS) is 9.77. The van der Waals surface area contributed by atoms with Gasteiger partial charge in [0.05, 0.1) is 5.56 Å². The van der Waals surface area contributed by atoms with Crippen LogP contribution in [0.5, 0.6) is 0 Å². The highest BCUT2D eigenvalue weighted by atomic mass is 79.9. The quantitative estimate of drug-likeness (QED) is 0.829. The number of hydrogen-bond acceptors (Lipinski definition) is 3. The van der Waals surface area contributed by atoms with Gasteiger partial charge in [0.15, 0.2) is 5.78 Å². The number of halogens is 1. The predicted octanol–water partition coefficient (Wildman–Crippen LogP) is 2.48. The fourth-order valence-electron chi connectivity index (χ4n) is 1.07. The molecule has 1 heterocycles. The average Bonchev–Trinajstić information content (AvgIpc) is 2.16. The summed E-state index contributed by atoms with van der Waals surface area (Å²) >= 11 is 3.33. The van der Waals surface area contributed by atoms with Gasteiger partial charge in [0.1, 0.15) is 5.82 Å². The van der Waals surface area contributed by atoms with Gasteiger partial charge in [-0.15, -0.1) is 0 Å². The first-order chi connectivity index (χ1) is 6.20. The summed E-state index contributed by atoms with van der Waals surface area (Å²) in [5.74, 6) is 0.713. The van der Waals surface area contributed by atoms with Crippen LogP contribution in [-0.2, 0) is 0 Å². The summed E-state index contributed by atoms with van der Waals surface area (Å²) in [5, 5.41) is 2.89. The van der Waals surface area contributed by atoms with E-state index in [4.69, 9.17) is 0 Å². The maximum atomic E-state index is 11.5. The van der Waals surface area contributed by atoms with Crippen LogP contribution in [0.4, 0.5) is 5.82 Å². The second kappa shape index (κ2) is 4.37. The van der Waals surface area contributed by atoms with E-state index in [1.165, 1.54) is 0 Å². The molecule has 0 aliphatic rings. The fraction of sp³-hybridized carbons (Fsp3) is 0.333. The highest BCUT2D eigenvalue weighted by Crippen LogP contribution is 2.23. The van der Waals surface area contributed by atoms with Crippen LogP contribution in [0.15, 0.2) is 16.7 Å². The van der Waals surface area contributed by atoms with Gasteiger partial charge in [-0.25, -0.2) is 4.98 Å². The predicted molar refractivity (Wildman–Crippen MR) is 56.1 cm³/mol. The van der Waals surface area contributed by atoms with Crippen LogP contribution in [0.2, 0.25) is 0 Å². The van der Waals surface area contributed by atoms with Crippen molar-refractivity contribution in [3.63, 3.8) is 0 Å². The monoisotopic (exact) mass is 242 g/mol. The maximum Gasteiger partial charge on any atom is 0.167 e. The minimum atomic E-state index is 0.0873. The number of rotatable bonds is 3. The molecule has 13 heavy (non-hydrogen) atoms. The van der Waals surface area contributed by atoms with Crippen molar-refractivity contribution in [1.82, 2.24) is 4.98 Å². The molecule has 0 fully saturated rings. The lowest BCUT2D eigenvalue weighted by atomic mass is 10.1. The first-order valence-electron chi connectivity index (χ1n) is 4.06. The molecule has 0 amide bonds. The van der Waals surface area contributed by atoms with Crippen molar-refractivity contribution in [3.05, 3.63) is 22.3 Å². The molecule has 70 valence electrons. The molecule has 0 spiro atoms. The summed E-state index contributed by atoms with van der Waals surface area (Å²) in [6.07, 6.45) is 2.14. The Morgan fingerprint density at radius 3 is 2.92 bits per heavy atom. The Bertz CT molecular complexity index is 325. The third kappa shape index (κ3) is 2.06. The van der Waals surface area contributed by atoms with Gasteiger partial charge in [-0.2, -0.15) is 0 Å².